The number of benzene rings is 1. The van der Waals surface area contributed by atoms with Gasteiger partial charge in [0.05, 0.1) is 6.04 Å². The van der Waals surface area contributed by atoms with Crippen LogP contribution in [0.15, 0.2) is 24.3 Å². The predicted molar refractivity (Wildman–Crippen MR) is 70.6 cm³/mol. The van der Waals surface area contributed by atoms with Crippen LogP contribution in [0.5, 0.6) is 0 Å². The van der Waals surface area contributed by atoms with Crippen LogP contribution in [0.2, 0.25) is 0 Å². The van der Waals surface area contributed by atoms with Crippen molar-refractivity contribution in [1.29, 1.82) is 0 Å². The topological polar surface area (TPSA) is 55.1 Å². The van der Waals surface area contributed by atoms with E-state index in [1.807, 2.05) is 39.0 Å². The zero-order chi connectivity index (χ0) is 12.8. The lowest BCUT2D eigenvalue weighted by atomic mass is 10.1. The fourth-order valence-corrected chi connectivity index (χ4v) is 1.71. The summed E-state index contributed by atoms with van der Waals surface area (Å²) in [5.74, 6) is 0.0216. The Balaban J connectivity index is 2.54. The highest BCUT2D eigenvalue weighted by molar-refractivity contribution is 5.77. The Labute approximate surface area is 103 Å². The molecule has 0 radical (unpaired) electrons. The summed E-state index contributed by atoms with van der Waals surface area (Å²) in [5, 5.41) is 2.97. The van der Waals surface area contributed by atoms with Crippen molar-refractivity contribution in [2.75, 3.05) is 0 Å². The molecule has 1 unspecified atom stereocenters. The fraction of sp³-hybridized carbons (Fsp3) is 0.500. The highest BCUT2D eigenvalue weighted by Crippen LogP contribution is 2.13. The summed E-state index contributed by atoms with van der Waals surface area (Å²) in [5.41, 5.74) is 8.08. The smallest absolute Gasteiger partial charge is 0.222 e. The monoisotopic (exact) mass is 234 g/mol. The Kier molecular flexibility index (Phi) is 5.16. The van der Waals surface area contributed by atoms with Crippen molar-refractivity contribution in [2.45, 2.75) is 45.7 Å². The average molecular weight is 234 g/mol. The first-order valence-electron chi connectivity index (χ1n) is 6.14. The second-order valence-electron chi connectivity index (χ2n) is 4.58. The first kappa shape index (κ1) is 13.7. The maximum Gasteiger partial charge on any atom is 0.222 e. The van der Waals surface area contributed by atoms with Crippen LogP contribution in [0, 0.1) is 6.92 Å². The highest BCUT2D eigenvalue weighted by Gasteiger charge is 2.12. The van der Waals surface area contributed by atoms with E-state index in [-0.39, 0.29) is 18.0 Å². The first-order valence-corrected chi connectivity index (χ1v) is 6.14. The summed E-state index contributed by atoms with van der Waals surface area (Å²) in [6.45, 7) is 6.02. The maximum absolute atomic E-state index is 11.7. The number of carbonyl (C=O) groups excluding carboxylic acids is 1. The van der Waals surface area contributed by atoms with Gasteiger partial charge in [0, 0.05) is 12.5 Å². The third kappa shape index (κ3) is 4.57. The molecule has 0 bridgehead atoms. The first-order chi connectivity index (χ1) is 8.02. The van der Waals surface area contributed by atoms with Crippen molar-refractivity contribution in [3.63, 3.8) is 0 Å². The summed E-state index contributed by atoms with van der Waals surface area (Å²) in [6.07, 6.45) is 1.22. The second-order valence-corrected chi connectivity index (χ2v) is 4.58. The molecule has 0 saturated carbocycles. The largest absolute Gasteiger partial charge is 0.350 e. The van der Waals surface area contributed by atoms with E-state index in [1.54, 1.807) is 0 Å². The van der Waals surface area contributed by atoms with Crippen molar-refractivity contribution in [1.82, 2.24) is 5.32 Å². The number of nitrogens with one attached hydrogen (secondary N) is 1. The zero-order valence-corrected chi connectivity index (χ0v) is 10.9. The molecule has 3 nitrogen and oxygen atoms in total. The van der Waals surface area contributed by atoms with Gasteiger partial charge in [-0.2, -0.15) is 0 Å². The summed E-state index contributed by atoms with van der Waals surface area (Å²) in [6, 6.07) is 8.16. The molecule has 0 aliphatic rings. The molecule has 1 aromatic carbocycles. The molecule has 0 aromatic heterocycles. The minimum absolute atomic E-state index is 0.0216. The van der Waals surface area contributed by atoms with E-state index >= 15 is 0 Å². The molecular weight excluding hydrogens is 212 g/mol. The Morgan fingerprint density at radius 2 is 2.18 bits per heavy atom. The van der Waals surface area contributed by atoms with Gasteiger partial charge >= 0.3 is 0 Å². The lowest BCUT2D eigenvalue weighted by Crippen LogP contribution is -2.32. The molecule has 0 heterocycles. The van der Waals surface area contributed by atoms with E-state index in [1.165, 1.54) is 5.56 Å². The number of aryl methyl sites for hydroxylation is 1. The molecule has 2 atom stereocenters. The lowest BCUT2D eigenvalue weighted by molar-refractivity contribution is -0.122. The van der Waals surface area contributed by atoms with E-state index < -0.39 is 0 Å². The molecule has 0 saturated heterocycles. The van der Waals surface area contributed by atoms with Gasteiger partial charge in [0.25, 0.3) is 0 Å². The summed E-state index contributed by atoms with van der Waals surface area (Å²) < 4.78 is 0. The molecule has 0 spiro atoms. The SMILES string of the molecule is CCC(N)CC(=O)N[C@H](C)c1cccc(C)c1. The van der Waals surface area contributed by atoms with Crippen LogP contribution in [0.4, 0.5) is 0 Å². The molecular formula is C14H22N2O. The lowest BCUT2D eigenvalue weighted by Gasteiger charge is -2.16. The van der Waals surface area contributed by atoms with E-state index in [4.69, 9.17) is 5.73 Å². The van der Waals surface area contributed by atoms with Gasteiger partial charge in [-0.1, -0.05) is 36.8 Å². The van der Waals surface area contributed by atoms with Gasteiger partial charge in [0.15, 0.2) is 0 Å². The maximum atomic E-state index is 11.7. The van der Waals surface area contributed by atoms with Crippen LogP contribution in [0.25, 0.3) is 0 Å². The molecule has 1 aromatic rings. The normalized spacial score (nSPS) is 14.1. The summed E-state index contributed by atoms with van der Waals surface area (Å²) in [4.78, 5) is 11.7. The standard InChI is InChI=1S/C14H22N2O/c1-4-13(15)9-14(17)16-11(3)12-7-5-6-10(2)8-12/h5-8,11,13H,4,9,15H2,1-3H3,(H,16,17)/t11-,13?/m1/s1. The van der Waals surface area contributed by atoms with E-state index in [0.29, 0.717) is 6.42 Å². The van der Waals surface area contributed by atoms with Crippen molar-refractivity contribution in [3.05, 3.63) is 35.4 Å². The van der Waals surface area contributed by atoms with Gasteiger partial charge in [0.1, 0.15) is 0 Å². The van der Waals surface area contributed by atoms with Crippen molar-refractivity contribution in [2.24, 2.45) is 5.73 Å². The Morgan fingerprint density at radius 3 is 2.76 bits per heavy atom. The molecule has 0 fully saturated rings. The molecule has 0 aliphatic carbocycles. The van der Waals surface area contributed by atoms with E-state index in [9.17, 15) is 4.79 Å². The van der Waals surface area contributed by atoms with Gasteiger partial charge in [-0.3, -0.25) is 4.79 Å². The molecule has 1 rings (SSSR count). The van der Waals surface area contributed by atoms with Gasteiger partial charge in [-0.25, -0.2) is 0 Å². The third-order valence-electron chi connectivity index (χ3n) is 2.89. The van der Waals surface area contributed by atoms with E-state index in [0.717, 1.165) is 12.0 Å². The molecule has 3 N–H and O–H groups in total. The van der Waals surface area contributed by atoms with E-state index in [2.05, 4.69) is 11.4 Å². The van der Waals surface area contributed by atoms with Crippen LogP contribution in [-0.4, -0.2) is 11.9 Å². The molecule has 3 heteroatoms. The predicted octanol–water partition coefficient (Wildman–Crippen LogP) is 2.30. The van der Waals surface area contributed by atoms with Crippen LogP contribution < -0.4 is 11.1 Å². The van der Waals surface area contributed by atoms with Crippen LogP contribution in [0.3, 0.4) is 0 Å². The third-order valence-corrected chi connectivity index (χ3v) is 2.89. The number of hydrogen-bond donors (Lipinski definition) is 2. The van der Waals surface area contributed by atoms with Crippen LogP contribution in [-0.2, 0) is 4.79 Å². The minimum Gasteiger partial charge on any atom is -0.350 e. The summed E-state index contributed by atoms with van der Waals surface area (Å²) >= 11 is 0. The quantitative estimate of drug-likeness (QED) is 0.821. The van der Waals surface area contributed by atoms with Gasteiger partial charge in [-0.15, -0.1) is 0 Å². The molecule has 0 aliphatic heterocycles. The van der Waals surface area contributed by atoms with Crippen molar-refractivity contribution >= 4 is 5.91 Å². The molecule has 17 heavy (non-hydrogen) atoms. The second kappa shape index (κ2) is 6.40. The number of rotatable bonds is 5. The average Bonchev–Trinajstić information content (AvgIpc) is 2.28. The van der Waals surface area contributed by atoms with Gasteiger partial charge < -0.3 is 11.1 Å². The number of amides is 1. The van der Waals surface area contributed by atoms with Crippen molar-refractivity contribution in [3.8, 4) is 0 Å². The number of nitrogens with two attached hydrogens (primary N) is 1. The zero-order valence-electron chi connectivity index (χ0n) is 10.9. The summed E-state index contributed by atoms with van der Waals surface area (Å²) in [7, 11) is 0. The fourth-order valence-electron chi connectivity index (χ4n) is 1.71. The Hall–Kier alpha value is -1.35. The van der Waals surface area contributed by atoms with Crippen molar-refractivity contribution < 1.29 is 4.79 Å². The van der Waals surface area contributed by atoms with Crippen LogP contribution >= 0.6 is 0 Å². The number of carbonyl (C=O) groups is 1. The Bertz CT molecular complexity index is 376. The number of hydrogen-bond acceptors (Lipinski definition) is 2. The highest BCUT2D eigenvalue weighted by atomic mass is 16.1. The van der Waals surface area contributed by atoms with Gasteiger partial charge in [-0.05, 0) is 25.8 Å². The minimum atomic E-state index is -0.0419. The van der Waals surface area contributed by atoms with Crippen LogP contribution in [0.1, 0.15) is 43.9 Å². The van der Waals surface area contributed by atoms with Gasteiger partial charge in [0.2, 0.25) is 5.91 Å². The molecule has 1 amide bonds. The Morgan fingerprint density at radius 1 is 1.47 bits per heavy atom. The molecule has 94 valence electrons.